The maximum Gasteiger partial charge on any atom is 0.273 e. The van der Waals surface area contributed by atoms with Crippen molar-refractivity contribution < 1.29 is 4.74 Å². The molecule has 4 heterocycles. The van der Waals surface area contributed by atoms with Gasteiger partial charge in [-0.25, -0.2) is 15.0 Å². The van der Waals surface area contributed by atoms with Crippen LogP contribution < -0.4 is 4.74 Å². The third-order valence-electron chi connectivity index (χ3n) is 6.76. The first-order valence-corrected chi connectivity index (χ1v) is 11.6. The molecule has 1 aromatic rings. The molecule has 1 aromatic heterocycles. The SMILES string of the molecule is C1CCN(N2CCc3nc(OC4CCN(C5CCC5)CC4)sc3C2)CC1. The topological polar surface area (TPSA) is 31.8 Å². The van der Waals surface area contributed by atoms with Gasteiger partial charge in [-0.2, -0.15) is 0 Å². The lowest BCUT2D eigenvalue weighted by Gasteiger charge is -2.41. The van der Waals surface area contributed by atoms with Crippen molar-refractivity contribution in [3.8, 4) is 5.19 Å². The third kappa shape index (κ3) is 3.66. The van der Waals surface area contributed by atoms with E-state index in [0.29, 0.717) is 6.10 Å². The second kappa shape index (κ2) is 7.74. The largest absolute Gasteiger partial charge is 0.467 e. The molecule has 0 atom stereocenters. The maximum atomic E-state index is 6.32. The summed E-state index contributed by atoms with van der Waals surface area (Å²) in [6.45, 7) is 7.05. The van der Waals surface area contributed by atoms with E-state index in [1.54, 1.807) is 11.3 Å². The highest BCUT2D eigenvalue weighted by molar-refractivity contribution is 7.13. The number of nitrogens with zero attached hydrogens (tertiary/aromatic N) is 4. The van der Waals surface area contributed by atoms with Crippen molar-refractivity contribution in [3.05, 3.63) is 10.6 Å². The minimum absolute atomic E-state index is 0.372. The van der Waals surface area contributed by atoms with E-state index in [0.717, 1.165) is 30.7 Å². The first-order chi connectivity index (χ1) is 12.8. The number of thiazole rings is 1. The molecule has 0 spiro atoms. The zero-order valence-corrected chi connectivity index (χ0v) is 16.7. The van der Waals surface area contributed by atoms with Gasteiger partial charge in [-0.3, -0.25) is 0 Å². The van der Waals surface area contributed by atoms with Gasteiger partial charge in [0.2, 0.25) is 0 Å². The van der Waals surface area contributed by atoms with Crippen LogP contribution in [0.1, 0.15) is 61.9 Å². The number of hydrazine groups is 1. The van der Waals surface area contributed by atoms with Crippen LogP contribution in [0.3, 0.4) is 0 Å². The molecule has 0 bridgehead atoms. The van der Waals surface area contributed by atoms with Gasteiger partial charge >= 0.3 is 0 Å². The lowest BCUT2D eigenvalue weighted by molar-refractivity contribution is -0.0500. The smallest absolute Gasteiger partial charge is 0.273 e. The molecule has 4 aliphatic rings. The fourth-order valence-electron chi connectivity index (χ4n) is 4.86. The minimum atomic E-state index is 0.372. The average Bonchev–Trinajstić information content (AvgIpc) is 3.04. The second-order valence-electron chi connectivity index (χ2n) is 8.44. The summed E-state index contributed by atoms with van der Waals surface area (Å²) >= 11 is 1.80. The van der Waals surface area contributed by atoms with Crippen LogP contribution in [-0.4, -0.2) is 64.8 Å². The van der Waals surface area contributed by atoms with Gasteiger partial charge in [-0.1, -0.05) is 24.2 Å². The van der Waals surface area contributed by atoms with Crippen molar-refractivity contribution in [1.29, 1.82) is 0 Å². The molecule has 0 amide bonds. The molecular formula is C20H32N4OS. The van der Waals surface area contributed by atoms with Crippen LogP contribution in [0.25, 0.3) is 0 Å². The van der Waals surface area contributed by atoms with Crippen LogP contribution >= 0.6 is 11.3 Å². The van der Waals surface area contributed by atoms with Crippen molar-refractivity contribution in [3.63, 3.8) is 0 Å². The average molecular weight is 377 g/mol. The Morgan fingerprint density at radius 3 is 2.38 bits per heavy atom. The summed E-state index contributed by atoms with van der Waals surface area (Å²) < 4.78 is 6.32. The molecule has 3 fully saturated rings. The summed E-state index contributed by atoms with van der Waals surface area (Å²) in [4.78, 5) is 8.96. The van der Waals surface area contributed by atoms with Gasteiger partial charge < -0.3 is 9.64 Å². The van der Waals surface area contributed by atoms with Crippen LogP contribution in [0.5, 0.6) is 5.19 Å². The van der Waals surface area contributed by atoms with E-state index in [1.165, 1.54) is 88.1 Å². The quantitative estimate of drug-likeness (QED) is 0.805. The number of ether oxygens (including phenoxy) is 1. The molecule has 1 saturated carbocycles. The summed E-state index contributed by atoms with van der Waals surface area (Å²) in [6, 6.07) is 0.879. The Labute approximate surface area is 161 Å². The van der Waals surface area contributed by atoms with Crippen LogP contribution in [0.15, 0.2) is 0 Å². The molecule has 2 saturated heterocycles. The van der Waals surface area contributed by atoms with Crippen molar-refractivity contribution in [1.82, 2.24) is 19.9 Å². The number of hydrogen-bond acceptors (Lipinski definition) is 6. The summed E-state index contributed by atoms with van der Waals surface area (Å²) in [5.74, 6) is 0. The Bertz CT molecular complexity index is 603. The predicted octanol–water partition coefficient (Wildman–Crippen LogP) is 3.30. The first-order valence-electron chi connectivity index (χ1n) is 10.7. The van der Waals surface area contributed by atoms with Crippen LogP contribution in [0.4, 0.5) is 0 Å². The highest BCUT2D eigenvalue weighted by Crippen LogP contribution is 2.33. The highest BCUT2D eigenvalue weighted by atomic mass is 32.1. The summed E-state index contributed by atoms with van der Waals surface area (Å²) in [5.41, 5.74) is 1.30. The fraction of sp³-hybridized carbons (Fsp3) is 0.850. The zero-order valence-electron chi connectivity index (χ0n) is 15.9. The van der Waals surface area contributed by atoms with E-state index in [1.807, 2.05) is 0 Å². The maximum absolute atomic E-state index is 6.32. The van der Waals surface area contributed by atoms with Crippen LogP contribution in [0, 0.1) is 0 Å². The Balaban J connectivity index is 1.15. The van der Waals surface area contributed by atoms with Gasteiger partial charge in [-0.05, 0) is 38.5 Å². The van der Waals surface area contributed by atoms with Gasteiger partial charge in [0.25, 0.3) is 5.19 Å². The molecule has 0 N–H and O–H groups in total. The predicted molar refractivity (Wildman–Crippen MR) is 105 cm³/mol. The Hall–Kier alpha value is -0.690. The number of likely N-dealkylation sites (tertiary alicyclic amines) is 1. The highest BCUT2D eigenvalue weighted by Gasteiger charge is 2.31. The van der Waals surface area contributed by atoms with Crippen molar-refractivity contribution in [2.75, 3.05) is 32.7 Å². The molecule has 26 heavy (non-hydrogen) atoms. The Morgan fingerprint density at radius 1 is 0.846 bits per heavy atom. The Morgan fingerprint density at radius 2 is 1.65 bits per heavy atom. The Kier molecular flexibility index (Phi) is 5.18. The number of rotatable bonds is 4. The van der Waals surface area contributed by atoms with Crippen LogP contribution in [-0.2, 0) is 13.0 Å². The molecule has 5 nitrogen and oxygen atoms in total. The van der Waals surface area contributed by atoms with E-state index in [-0.39, 0.29) is 0 Å². The molecule has 3 aliphatic heterocycles. The molecule has 144 valence electrons. The summed E-state index contributed by atoms with van der Waals surface area (Å²) in [6.07, 6.45) is 12.1. The normalized spacial score (nSPS) is 27.2. The lowest BCUT2D eigenvalue weighted by Crippen LogP contribution is -2.47. The number of piperidine rings is 2. The molecule has 6 heteroatoms. The molecule has 0 unspecified atom stereocenters. The van der Waals surface area contributed by atoms with E-state index >= 15 is 0 Å². The number of aromatic nitrogens is 1. The third-order valence-corrected chi connectivity index (χ3v) is 7.73. The molecule has 0 aromatic carbocycles. The van der Waals surface area contributed by atoms with E-state index in [2.05, 4.69) is 14.9 Å². The summed E-state index contributed by atoms with van der Waals surface area (Å²) in [5, 5.41) is 6.06. The molecule has 1 aliphatic carbocycles. The van der Waals surface area contributed by atoms with Crippen molar-refractivity contribution in [2.24, 2.45) is 0 Å². The first kappa shape index (κ1) is 17.4. The second-order valence-corrected chi connectivity index (χ2v) is 9.49. The van der Waals surface area contributed by atoms with Gasteiger partial charge in [-0.15, -0.1) is 0 Å². The van der Waals surface area contributed by atoms with E-state index in [9.17, 15) is 0 Å². The van der Waals surface area contributed by atoms with Gasteiger partial charge in [0.1, 0.15) is 6.10 Å². The summed E-state index contributed by atoms with van der Waals surface area (Å²) in [7, 11) is 0. The van der Waals surface area contributed by atoms with E-state index in [4.69, 9.17) is 9.72 Å². The monoisotopic (exact) mass is 376 g/mol. The zero-order chi connectivity index (χ0) is 17.3. The molecule has 0 radical (unpaired) electrons. The van der Waals surface area contributed by atoms with E-state index < -0.39 is 0 Å². The van der Waals surface area contributed by atoms with Crippen LogP contribution in [0.2, 0.25) is 0 Å². The van der Waals surface area contributed by atoms with Crippen molar-refractivity contribution in [2.45, 2.75) is 76.5 Å². The standard InChI is InChI=1S/C20H32N4OS/c1-2-10-23(11-3-1)24-14-9-18-19(15-24)26-20(21-18)25-17-7-12-22(13-8-17)16-5-4-6-16/h16-17H,1-15H2. The van der Waals surface area contributed by atoms with Gasteiger partial charge in [0.15, 0.2) is 0 Å². The minimum Gasteiger partial charge on any atom is -0.467 e. The molecule has 5 rings (SSSR count). The molecular weight excluding hydrogens is 344 g/mol. The number of fused-ring (bicyclic) bond motifs is 1. The lowest BCUT2D eigenvalue weighted by atomic mass is 9.90. The van der Waals surface area contributed by atoms with Gasteiger partial charge in [0.05, 0.1) is 5.69 Å². The fourth-order valence-corrected chi connectivity index (χ4v) is 5.89. The van der Waals surface area contributed by atoms with Gasteiger partial charge in [0, 0.05) is 56.6 Å². The number of hydrogen-bond donors (Lipinski definition) is 0. The van der Waals surface area contributed by atoms with Crippen molar-refractivity contribution >= 4 is 11.3 Å².